The van der Waals surface area contributed by atoms with Gasteiger partial charge in [0.05, 0.1) is 13.7 Å². The van der Waals surface area contributed by atoms with Gasteiger partial charge in [0.1, 0.15) is 6.04 Å². The molecule has 2 amide bonds. The smallest absolute Gasteiger partial charge is 0.328 e. The molecule has 0 aromatic carbocycles. The van der Waals surface area contributed by atoms with E-state index in [9.17, 15) is 14.4 Å². The molecule has 0 unspecified atom stereocenters. The summed E-state index contributed by atoms with van der Waals surface area (Å²) in [5.74, 6) is -1.13. The van der Waals surface area contributed by atoms with Gasteiger partial charge in [-0.25, -0.2) is 4.79 Å². The summed E-state index contributed by atoms with van der Waals surface area (Å²) in [5.41, 5.74) is 0. The van der Waals surface area contributed by atoms with E-state index in [1.165, 1.54) is 32.9 Å². The molecule has 0 bridgehead atoms. The number of carbonyl (C=O) groups excluding carboxylic acids is 3. The second kappa shape index (κ2) is 6.00. The van der Waals surface area contributed by atoms with E-state index in [1.54, 1.807) is 0 Å². The summed E-state index contributed by atoms with van der Waals surface area (Å²) in [6.45, 7) is 2.80. The van der Waals surface area contributed by atoms with E-state index in [1.807, 2.05) is 0 Å². The van der Waals surface area contributed by atoms with Crippen LogP contribution in [0.25, 0.3) is 0 Å². The number of methoxy groups -OCH3 is 1. The van der Waals surface area contributed by atoms with Crippen LogP contribution < -0.4 is 5.32 Å². The van der Waals surface area contributed by atoms with E-state index < -0.39 is 17.9 Å². The maximum atomic E-state index is 11.3. The Morgan fingerprint density at radius 3 is 2.33 bits per heavy atom. The highest BCUT2D eigenvalue weighted by Crippen LogP contribution is 1.88. The number of ether oxygens (including phenoxy) is 1. The first-order valence-corrected chi connectivity index (χ1v) is 4.47. The lowest BCUT2D eigenvalue weighted by molar-refractivity contribution is -0.144. The van der Waals surface area contributed by atoms with Crippen LogP contribution in [0.2, 0.25) is 0 Å². The van der Waals surface area contributed by atoms with Crippen LogP contribution >= 0.6 is 0 Å². The molecule has 1 N–H and O–H groups in total. The molecule has 0 spiro atoms. The van der Waals surface area contributed by atoms with Gasteiger partial charge in [0, 0.05) is 14.0 Å². The first kappa shape index (κ1) is 13.4. The highest BCUT2D eigenvalue weighted by molar-refractivity contribution is 5.87. The van der Waals surface area contributed by atoms with E-state index >= 15 is 0 Å². The summed E-state index contributed by atoms with van der Waals surface area (Å²) in [4.78, 5) is 34.3. The lowest BCUT2D eigenvalue weighted by Crippen LogP contribution is -2.44. The Hall–Kier alpha value is -1.59. The van der Waals surface area contributed by atoms with Gasteiger partial charge in [-0.05, 0) is 6.92 Å². The standard InChI is InChI=1S/C9H16N2O4/c1-6(9(14)15-4)10-8(13)5-11(3)7(2)12/h6H,5H2,1-4H3,(H,10,13)/t6-/m0/s1. The number of amides is 2. The average Bonchev–Trinajstić information content (AvgIpc) is 2.15. The molecule has 6 heteroatoms. The molecule has 0 aromatic rings. The highest BCUT2D eigenvalue weighted by atomic mass is 16.5. The summed E-state index contributed by atoms with van der Waals surface area (Å²) >= 11 is 0. The maximum Gasteiger partial charge on any atom is 0.328 e. The Bertz CT molecular complexity index is 265. The van der Waals surface area contributed by atoms with Crippen LogP contribution in [0.15, 0.2) is 0 Å². The number of hydrogen-bond acceptors (Lipinski definition) is 4. The monoisotopic (exact) mass is 216 g/mol. The second-order valence-electron chi connectivity index (χ2n) is 3.19. The minimum absolute atomic E-state index is 0.0728. The molecule has 15 heavy (non-hydrogen) atoms. The molecule has 1 atom stereocenters. The number of carbonyl (C=O) groups is 3. The molecular formula is C9H16N2O4. The van der Waals surface area contributed by atoms with Crippen LogP contribution in [0.1, 0.15) is 13.8 Å². The number of esters is 1. The highest BCUT2D eigenvalue weighted by Gasteiger charge is 2.17. The molecular weight excluding hydrogens is 200 g/mol. The quantitative estimate of drug-likeness (QED) is 0.621. The van der Waals surface area contributed by atoms with Crippen LogP contribution in [-0.4, -0.2) is 49.4 Å². The Morgan fingerprint density at radius 1 is 1.40 bits per heavy atom. The van der Waals surface area contributed by atoms with Gasteiger partial charge in [0.15, 0.2) is 0 Å². The van der Waals surface area contributed by atoms with Crippen molar-refractivity contribution >= 4 is 17.8 Å². The van der Waals surface area contributed by atoms with Crippen molar-refractivity contribution in [3.63, 3.8) is 0 Å². The molecule has 0 heterocycles. The Kier molecular flexibility index (Phi) is 5.36. The van der Waals surface area contributed by atoms with Crippen molar-refractivity contribution in [2.24, 2.45) is 0 Å². The fourth-order valence-corrected chi connectivity index (χ4v) is 0.850. The summed E-state index contributed by atoms with van der Waals surface area (Å²) in [6.07, 6.45) is 0. The Morgan fingerprint density at radius 2 is 1.93 bits per heavy atom. The number of rotatable bonds is 4. The van der Waals surface area contributed by atoms with Crippen molar-refractivity contribution in [2.45, 2.75) is 19.9 Å². The summed E-state index contributed by atoms with van der Waals surface area (Å²) in [6, 6.07) is -0.706. The largest absolute Gasteiger partial charge is 0.467 e. The number of likely N-dealkylation sites (N-methyl/N-ethyl adjacent to an activating group) is 1. The second-order valence-corrected chi connectivity index (χ2v) is 3.19. The molecule has 0 aliphatic rings. The zero-order valence-electron chi connectivity index (χ0n) is 9.36. The number of nitrogens with zero attached hydrogens (tertiary/aromatic N) is 1. The molecule has 0 aromatic heterocycles. The van der Waals surface area contributed by atoms with Gasteiger partial charge in [-0.15, -0.1) is 0 Å². The minimum Gasteiger partial charge on any atom is -0.467 e. The van der Waals surface area contributed by atoms with Gasteiger partial charge < -0.3 is 15.0 Å². The lowest BCUT2D eigenvalue weighted by Gasteiger charge is -2.16. The number of nitrogens with one attached hydrogen (secondary N) is 1. The van der Waals surface area contributed by atoms with Gasteiger partial charge in [-0.2, -0.15) is 0 Å². The van der Waals surface area contributed by atoms with Gasteiger partial charge in [-0.3, -0.25) is 9.59 Å². The van der Waals surface area contributed by atoms with Crippen molar-refractivity contribution in [1.82, 2.24) is 10.2 Å². The fourth-order valence-electron chi connectivity index (χ4n) is 0.850. The van der Waals surface area contributed by atoms with E-state index in [-0.39, 0.29) is 12.5 Å². The zero-order chi connectivity index (χ0) is 12.0. The normalized spacial score (nSPS) is 11.5. The molecule has 86 valence electrons. The Balaban J connectivity index is 4.04. The summed E-state index contributed by atoms with van der Waals surface area (Å²) in [7, 11) is 2.75. The predicted octanol–water partition coefficient (Wildman–Crippen LogP) is -0.858. The SMILES string of the molecule is COC(=O)[C@H](C)NC(=O)CN(C)C(C)=O. The van der Waals surface area contributed by atoms with Crippen LogP contribution in [0.3, 0.4) is 0 Å². The van der Waals surface area contributed by atoms with Crippen LogP contribution in [0.5, 0.6) is 0 Å². The van der Waals surface area contributed by atoms with Gasteiger partial charge in [0.2, 0.25) is 11.8 Å². The Labute approximate surface area is 88.6 Å². The van der Waals surface area contributed by atoms with Crippen LogP contribution in [0, 0.1) is 0 Å². The zero-order valence-corrected chi connectivity index (χ0v) is 9.36. The van der Waals surface area contributed by atoms with Gasteiger partial charge in [-0.1, -0.05) is 0 Å². The molecule has 6 nitrogen and oxygen atoms in total. The van der Waals surface area contributed by atoms with Crippen molar-refractivity contribution in [3.05, 3.63) is 0 Å². The maximum absolute atomic E-state index is 11.3. The summed E-state index contributed by atoms with van der Waals surface area (Å²) in [5, 5.41) is 2.41. The predicted molar refractivity (Wildman–Crippen MR) is 52.9 cm³/mol. The molecule has 0 saturated heterocycles. The van der Waals surface area contributed by atoms with Gasteiger partial charge >= 0.3 is 5.97 Å². The summed E-state index contributed by atoms with van der Waals surface area (Å²) < 4.78 is 4.43. The third-order valence-electron chi connectivity index (χ3n) is 1.85. The minimum atomic E-state index is -0.706. The first-order valence-electron chi connectivity index (χ1n) is 4.47. The average molecular weight is 216 g/mol. The van der Waals surface area contributed by atoms with Crippen molar-refractivity contribution in [3.8, 4) is 0 Å². The first-order chi connectivity index (χ1) is 6.88. The molecule has 0 fully saturated rings. The van der Waals surface area contributed by atoms with E-state index in [2.05, 4.69) is 10.1 Å². The van der Waals surface area contributed by atoms with Crippen molar-refractivity contribution in [2.75, 3.05) is 20.7 Å². The molecule has 0 aliphatic carbocycles. The van der Waals surface area contributed by atoms with E-state index in [0.717, 1.165) is 0 Å². The van der Waals surface area contributed by atoms with Crippen molar-refractivity contribution < 1.29 is 19.1 Å². The molecule has 0 radical (unpaired) electrons. The molecule has 0 saturated carbocycles. The third kappa shape index (κ3) is 4.99. The van der Waals surface area contributed by atoms with Gasteiger partial charge in [0.25, 0.3) is 0 Å². The lowest BCUT2D eigenvalue weighted by atomic mass is 10.3. The van der Waals surface area contributed by atoms with E-state index in [0.29, 0.717) is 0 Å². The van der Waals surface area contributed by atoms with Crippen LogP contribution in [-0.2, 0) is 19.1 Å². The topological polar surface area (TPSA) is 75.7 Å². The van der Waals surface area contributed by atoms with Crippen LogP contribution in [0.4, 0.5) is 0 Å². The van der Waals surface area contributed by atoms with E-state index in [4.69, 9.17) is 0 Å². The number of hydrogen-bond donors (Lipinski definition) is 1. The fraction of sp³-hybridized carbons (Fsp3) is 0.667. The van der Waals surface area contributed by atoms with Crippen molar-refractivity contribution in [1.29, 1.82) is 0 Å². The molecule has 0 rings (SSSR count). The molecule has 0 aliphatic heterocycles. The third-order valence-corrected chi connectivity index (χ3v) is 1.85.